The summed E-state index contributed by atoms with van der Waals surface area (Å²) in [6, 6.07) is 7.20. The fourth-order valence-electron chi connectivity index (χ4n) is 2.76. The molecule has 1 N–H and O–H groups in total. The molecule has 1 aliphatic heterocycles. The molecule has 1 saturated heterocycles. The predicted octanol–water partition coefficient (Wildman–Crippen LogP) is 4.84. The fraction of sp³-hybridized carbons (Fsp3) is 0.647. The number of halogens is 1. The van der Waals surface area contributed by atoms with Crippen LogP contribution < -0.4 is 10.2 Å². The van der Waals surface area contributed by atoms with Crippen molar-refractivity contribution in [1.29, 1.82) is 0 Å². The first kappa shape index (κ1) is 17.2. The Bertz CT molecular complexity index is 476. The van der Waals surface area contributed by atoms with Gasteiger partial charge < -0.3 is 10.2 Å². The van der Waals surface area contributed by atoms with Crippen molar-refractivity contribution < 1.29 is 0 Å². The SMILES string of the molecule is CCNC(C)c1ccc(N2CCSC(C)(C)CC2)cc1Br. The zero-order valence-corrected chi connectivity index (χ0v) is 16.0. The molecular weight excluding hydrogens is 344 g/mol. The molecule has 0 radical (unpaired) electrons. The number of hydrogen-bond donors (Lipinski definition) is 1. The van der Waals surface area contributed by atoms with Gasteiger partial charge in [0.25, 0.3) is 0 Å². The molecule has 21 heavy (non-hydrogen) atoms. The van der Waals surface area contributed by atoms with Crippen LogP contribution in [-0.4, -0.2) is 30.1 Å². The Labute approximate surface area is 142 Å². The summed E-state index contributed by atoms with van der Waals surface area (Å²) >= 11 is 5.85. The third-order valence-electron chi connectivity index (χ3n) is 4.16. The topological polar surface area (TPSA) is 15.3 Å². The van der Waals surface area contributed by atoms with Crippen LogP contribution in [0.1, 0.15) is 45.7 Å². The molecule has 1 aromatic carbocycles. The van der Waals surface area contributed by atoms with Crippen molar-refractivity contribution in [2.24, 2.45) is 0 Å². The number of nitrogens with one attached hydrogen (secondary N) is 1. The van der Waals surface area contributed by atoms with Gasteiger partial charge in [0.2, 0.25) is 0 Å². The van der Waals surface area contributed by atoms with E-state index in [0.717, 1.165) is 19.6 Å². The van der Waals surface area contributed by atoms with Gasteiger partial charge in [0.1, 0.15) is 0 Å². The van der Waals surface area contributed by atoms with Crippen molar-refractivity contribution in [3.63, 3.8) is 0 Å². The standard InChI is InChI=1S/C17H27BrN2S/c1-5-19-13(2)15-7-6-14(12-16(15)18)20-9-8-17(3,4)21-11-10-20/h6-7,12-13,19H,5,8-11H2,1-4H3. The van der Waals surface area contributed by atoms with Gasteiger partial charge in [0.05, 0.1) is 0 Å². The number of anilines is 1. The Hall–Kier alpha value is -0.190. The summed E-state index contributed by atoms with van der Waals surface area (Å²) in [6.07, 6.45) is 1.24. The van der Waals surface area contributed by atoms with Crippen molar-refractivity contribution in [3.05, 3.63) is 28.2 Å². The molecule has 118 valence electrons. The molecule has 1 heterocycles. The van der Waals surface area contributed by atoms with Crippen LogP contribution in [0.5, 0.6) is 0 Å². The lowest BCUT2D eigenvalue weighted by atomic mass is 10.1. The maximum absolute atomic E-state index is 3.75. The molecule has 0 amide bonds. The molecule has 0 aromatic heterocycles. The summed E-state index contributed by atoms with van der Waals surface area (Å²) in [7, 11) is 0. The highest BCUT2D eigenvalue weighted by Gasteiger charge is 2.24. The van der Waals surface area contributed by atoms with Gasteiger partial charge in [-0.05, 0) is 37.6 Å². The van der Waals surface area contributed by atoms with Crippen LogP contribution in [0.4, 0.5) is 5.69 Å². The zero-order valence-electron chi connectivity index (χ0n) is 13.6. The molecule has 0 saturated carbocycles. The number of nitrogens with zero attached hydrogens (tertiary/aromatic N) is 1. The van der Waals surface area contributed by atoms with E-state index < -0.39 is 0 Å². The van der Waals surface area contributed by atoms with Crippen LogP contribution in [-0.2, 0) is 0 Å². The van der Waals surface area contributed by atoms with E-state index in [2.05, 4.69) is 83.8 Å². The van der Waals surface area contributed by atoms with E-state index in [1.165, 1.54) is 27.9 Å². The van der Waals surface area contributed by atoms with E-state index in [9.17, 15) is 0 Å². The Kier molecular flexibility index (Phi) is 6.04. The predicted molar refractivity (Wildman–Crippen MR) is 99.6 cm³/mol. The molecule has 1 fully saturated rings. The molecule has 4 heteroatoms. The first-order valence-corrected chi connectivity index (χ1v) is 9.62. The minimum Gasteiger partial charge on any atom is -0.371 e. The highest BCUT2D eigenvalue weighted by molar-refractivity contribution is 9.10. The highest BCUT2D eigenvalue weighted by atomic mass is 79.9. The summed E-state index contributed by atoms with van der Waals surface area (Å²) in [5, 5.41) is 3.48. The number of benzene rings is 1. The number of rotatable bonds is 4. The monoisotopic (exact) mass is 370 g/mol. The summed E-state index contributed by atoms with van der Waals surface area (Å²) in [6.45, 7) is 12.4. The average molecular weight is 371 g/mol. The molecule has 1 unspecified atom stereocenters. The Balaban J connectivity index is 2.12. The van der Waals surface area contributed by atoms with Crippen LogP contribution >= 0.6 is 27.7 Å². The zero-order chi connectivity index (χ0) is 15.5. The Morgan fingerprint density at radius 1 is 1.38 bits per heavy atom. The molecule has 2 rings (SSSR count). The maximum atomic E-state index is 3.75. The molecule has 1 aliphatic rings. The molecule has 1 atom stereocenters. The van der Waals surface area contributed by atoms with Crippen molar-refractivity contribution in [2.45, 2.75) is 44.9 Å². The summed E-state index contributed by atoms with van der Waals surface area (Å²) in [5.74, 6) is 1.21. The smallest absolute Gasteiger partial charge is 0.0378 e. The van der Waals surface area contributed by atoms with Gasteiger partial charge in [-0.3, -0.25) is 0 Å². The largest absolute Gasteiger partial charge is 0.371 e. The summed E-state index contributed by atoms with van der Waals surface area (Å²) in [5.41, 5.74) is 2.68. The third-order valence-corrected chi connectivity index (χ3v) is 6.22. The van der Waals surface area contributed by atoms with Crippen LogP contribution in [0.15, 0.2) is 22.7 Å². The van der Waals surface area contributed by atoms with Gasteiger partial charge in [-0.1, -0.05) is 42.8 Å². The van der Waals surface area contributed by atoms with Gasteiger partial charge in [0.15, 0.2) is 0 Å². The molecule has 2 nitrogen and oxygen atoms in total. The molecular formula is C17H27BrN2S. The number of thioether (sulfide) groups is 1. The van der Waals surface area contributed by atoms with Crippen LogP contribution in [0.3, 0.4) is 0 Å². The Morgan fingerprint density at radius 2 is 2.14 bits per heavy atom. The molecule has 0 bridgehead atoms. The van der Waals surface area contributed by atoms with Gasteiger partial charge in [0, 0.05) is 39.8 Å². The third kappa shape index (κ3) is 4.64. The van der Waals surface area contributed by atoms with E-state index in [-0.39, 0.29) is 0 Å². The van der Waals surface area contributed by atoms with E-state index in [1.54, 1.807) is 0 Å². The van der Waals surface area contributed by atoms with Gasteiger partial charge in [-0.25, -0.2) is 0 Å². The lowest BCUT2D eigenvalue weighted by Gasteiger charge is -2.25. The number of hydrogen-bond acceptors (Lipinski definition) is 3. The van der Waals surface area contributed by atoms with Gasteiger partial charge in [-0.15, -0.1) is 0 Å². The minimum absolute atomic E-state index is 0.386. The fourth-order valence-corrected chi connectivity index (χ4v) is 4.57. The van der Waals surface area contributed by atoms with Crippen LogP contribution in [0.25, 0.3) is 0 Å². The van der Waals surface area contributed by atoms with Crippen LogP contribution in [0, 0.1) is 0 Å². The second-order valence-electron chi connectivity index (χ2n) is 6.33. The summed E-state index contributed by atoms with van der Waals surface area (Å²) in [4.78, 5) is 2.52. The first-order chi connectivity index (χ1) is 9.93. The first-order valence-electron chi connectivity index (χ1n) is 7.84. The summed E-state index contributed by atoms with van der Waals surface area (Å²) < 4.78 is 1.62. The normalized spacial score (nSPS) is 20.1. The van der Waals surface area contributed by atoms with Crippen molar-refractivity contribution in [2.75, 3.05) is 30.3 Å². The second kappa shape index (κ2) is 7.38. The van der Waals surface area contributed by atoms with Gasteiger partial charge in [-0.2, -0.15) is 11.8 Å². The highest BCUT2D eigenvalue weighted by Crippen LogP contribution is 2.34. The van der Waals surface area contributed by atoms with E-state index in [4.69, 9.17) is 0 Å². The Morgan fingerprint density at radius 3 is 2.81 bits per heavy atom. The van der Waals surface area contributed by atoms with Crippen LogP contribution in [0.2, 0.25) is 0 Å². The molecule has 1 aromatic rings. The van der Waals surface area contributed by atoms with Crippen molar-refractivity contribution in [3.8, 4) is 0 Å². The minimum atomic E-state index is 0.386. The molecule has 0 aliphatic carbocycles. The van der Waals surface area contributed by atoms with E-state index >= 15 is 0 Å². The van der Waals surface area contributed by atoms with E-state index in [0.29, 0.717) is 10.8 Å². The van der Waals surface area contributed by atoms with Crippen molar-refractivity contribution in [1.82, 2.24) is 5.32 Å². The molecule has 0 spiro atoms. The lowest BCUT2D eigenvalue weighted by molar-refractivity contribution is 0.596. The lowest BCUT2D eigenvalue weighted by Crippen LogP contribution is -2.27. The van der Waals surface area contributed by atoms with Crippen molar-refractivity contribution >= 4 is 33.4 Å². The maximum Gasteiger partial charge on any atom is 0.0378 e. The van der Waals surface area contributed by atoms with E-state index in [1.807, 2.05) is 0 Å². The quantitative estimate of drug-likeness (QED) is 0.815. The second-order valence-corrected chi connectivity index (χ2v) is 8.99. The average Bonchev–Trinajstić information content (AvgIpc) is 2.60. The van der Waals surface area contributed by atoms with Gasteiger partial charge >= 0.3 is 0 Å².